The zero-order chi connectivity index (χ0) is 30.2. The fraction of sp³-hybridized carbons (Fsp3) is 0. The summed E-state index contributed by atoms with van der Waals surface area (Å²) in [6.45, 7) is 0. The van der Waals surface area contributed by atoms with Crippen molar-refractivity contribution in [3.63, 3.8) is 0 Å². The van der Waals surface area contributed by atoms with Gasteiger partial charge in [-0.2, -0.15) is 0 Å². The third-order valence-electron chi connectivity index (χ3n) is 9.69. The Kier molecular flexibility index (Phi) is 5.31. The molecule has 214 valence electrons. The van der Waals surface area contributed by atoms with Crippen molar-refractivity contribution in [3.05, 3.63) is 170 Å². The van der Waals surface area contributed by atoms with Gasteiger partial charge in [0.2, 0.25) is 0 Å². The number of hydrogen-bond acceptors (Lipinski definition) is 0. The lowest BCUT2D eigenvalue weighted by atomic mass is 9.97. The van der Waals surface area contributed by atoms with Gasteiger partial charge in [0.25, 0.3) is 0 Å². The van der Waals surface area contributed by atoms with Gasteiger partial charge in [-0.25, -0.2) is 0 Å². The molecule has 0 N–H and O–H groups in total. The van der Waals surface area contributed by atoms with Gasteiger partial charge in [-0.15, -0.1) is 0 Å². The maximum Gasteiger partial charge on any atom is 0.0541 e. The maximum absolute atomic E-state index is 2.43. The van der Waals surface area contributed by atoms with Gasteiger partial charge < -0.3 is 9.13 Å². The molecule has 8 aromatic carbocycles. The topological polar surface area (TPSA) is 9.86 Å². The molecule has 0 atom stereocenters. The van der Waals surface area contributed by atoms with E-state index in [1.165, 1.54) is 87.7 Å². The summed E-state index contributed by atoms with van der Waals surface area (Å²) in [5.74, 6) is 0. The summed E-state index contributed by atoms with van der Waals surface area (Å²) in [7, 11) is 0. The number of nitrogens with zero attached hydrogens (tertiary/aromatic N) is 2. The van der Waals surface area contributed by atoms with E-state index in [1.54, 1.807) is 0 Å². The Bertz CT molecular complexity index is 2510. The van der Waals surface area contributed by atoms with Crippen molar-refractivity contribution in [2.75, 3.05) is 0 Å². The van der Waals surface area contributed by atoms with Gasteiger partial charge in [-0.05, 0) is 70.4 Å². The number of benzene rings is 8. The van der Waals surface area contributed by atoms with Gasteiger partial charge >= 0.3 is 0 Å². The quantitative estimate of drug-likeness (QED) is 0.195. The number of rotatable bonds is 3. The fourth-order valence-corrected chi connectivity index (χ4v) is 7.63. The second kappa shape index (κ2) is 9.69. The van der Waals surface area contributed by atoms with Crippen LogP contribution in [0.1, 0.15) is 0 Å². The average Bonchev–Trinajstić information content (AvgIpc) is 3.64. The van der Waals surface area contributed by atoms with E-state index in [-0.39, 0.29) is 0 Å². The summed E-state index contributed by atoms with van der Waals surface area (Å²) in [5, 5.41) is 10.0. The van der Waals surface area contributed by atoms with E-state index < -0.39 is 0 Å². The van der Waals surface area contributed by atoms with Gasteiger partial charge in [0, 0.05) is 32.3 Å². The highest BCUT2D eigenvalue weighted by atomic mass is 15.0. The molecule has 10 aromatic rings. The van der Waals surface area contributed by atoms with Crippen LogP contribution in [0.25, 0.3) is 87.7 Å². The van der Waals surface area contributed by atoms with Crippen LogP contribution >= 0.6 is 0 Å². The lowest BCUT2D eigenvalue weighted by Gasteiger charge is -2.15. The van der Waals surface area contributed by atoms with E-state index >= 15 is 0 Å². The molecule has 2 heterocycles. The molecular weight excluding hydrogens is 556 g/mol. The Morgan fingerprint density at radius 3 is 0.978 bits per heavy atom. The van der Waals surface area contributed by atoms with E-state index in [1.807, 2.05) is 0 Å². The molecule has 2 aromatic heterocycles. The first kappa shape index (κ1) is 25.2. The van der Waals surface area contributed by atoms with Crippen molar-refractivity contribution in [1.29, 1.82) is 0 Å². The molecule has 0 fully saturated rings. The van der Waals surface area contributed by atoms with Crippen molar-refractivity contribution < 1.29 is 0 Å². The van der Waals surface area contributed by atoms with E-state index in [0.29, 0.717) is 0 Å². The monoisotopic (exact) mass is 584 g/mol. The molecule has 0 spiro atoms. The van der Waals surface area contributed by atoms with Crippen LogP contribution < -0.4 is 0 Å². The van der Waals surface area contributed by atoms with E-state index in [4.69, 9.17) is 0 Å². The normalized spacial score (nSPS) is 11.9. The lowest BCUT2D eigenvalue weighted by Crippen LogP contribution is -1.96. The smallest absolute Gasteiger partial charge is 0.0541 e. The predicted molar refractivity (Wildman–Crippen MR) is 196 cm³/mol. The van der Waals surface area contributed by atoms with Crippen LogP contribution in [0.4, 0.5) is 0 Å². The number of fused-ring (bicyclic) bond motifs is 8. The molecule has 0 aliphatic rings. The molecule has 10 rings (SSSR count). The number of para-hydroxylation sites is 4. The molecule has 2 heteroatoms. The van der Waals surface area contributed by atoms with Gasteiger partial charge in [-0.1, -0.05) is 121 Å². The second-order valence-electron chi connectivity index (χ2n) is 12.2. The van der Waals surface area contributed by atoms with Crippen LogP contribution in [0.2, 0.25) is 0 Å². The molecule has 0 amide bonds. The van der Waals surface area contributed by atoms with Crippen molar-refractivity contribution >= 4 is 65.2 Å². The van der Waals surface area contributed by atoms with E-state index in [0.717, 1.165) is 0 Å². The maximum atomic E-state index is 2.43. The molecule has 0 aliphatic carbocycles. The first-order valence-corrected chi connectivity index (χ1v) is 15.9. The van der Waals surface area contributed by atoms with Gasteiger partial charge in [-0.3, -0.25) is 0 Å². The highest BCUT2D eigenvalue weighted by Crippen LogP contribution is 2.38. The molecular formula is C44H28N2. The summed E-state index contributed by atoms with van der Waals surface area (Å²) < 4.78 is 4.86. The minimum Gasteiger partial charge on any atom is -0.309 e. The highest BCUT2D eigenvalue weighted by Gasteiger charge is 2.16. The minimum atomic E-state index is 1.20. The zero-order valence-electron chi connectivity index (χ0n) is 25.1. The predicted octanol–water partition coefficient (Wildman–Crippen LogP) is 11.9. The summed E-state index contributed by atoms with van der Waals surface area (Å²) in [6.07, 6.45) is 0. The number of hydrogen-bond donors (Lipinski definition) is 0. The van der Waals surface area contributed by atoms with Crippen molar-refractivity contribution in [1.82, 2.24) is 9.13 Å². The Labute approximate surface area is 266 Å². The molecule has 0 radical (unpaired) electrons. The molecule has 2 nitrogen and oxygen atoms in total. The first-order chi connectivity index (χ1) is 22.8. The summed E-state index contributed by atoms with van der Waals surface area (Å²) >= 11 is 0. The Morgan fingerprint density at radius 1 is 0.261 bits per heavy atom. The summed E-state index contributed by atoms with van der Waals surface area (Å²) in [5.41, 5.74) is 9.71. The average molecular weight is 585 g/mol. The van der Waals surface area contributed by atoms with Crippen LogP contribution in [0, 0.1) is 0 Å². The molecule has 0 saturated carbocycles. The number of aromatic nitrogens is 2. The van der Waals surface area contributed by atoms with Crippen molar-refractivity contribution in [2.45, 2.75) is 0 Å². The Morgan fingerprint density at radius 2 is 0.609 bits per heavy atom. The standard InChI is InChI=1S/C44H28N2/c1-5-17-39-33(13-1)34-14-2-6-18-40(34)45(39)43-21-9-11-29-23-25-31(27-37(29)43)32-26-24-30-12-10-22-44(38(30)28-32)46-41-19-7-3-15-35(41)36-16-4-8-20-42(36)46/h1-28H. The SMILES string of the molecule is c1cc(-n2c3ccccc3c3ccccc32)c2cc(-c3ccc4cccc(-n5c6ccccc6c6ccccc65)c4c3)ccc2c1. The molecule has 0 saturated heterocycles. The van der Waals surface area contributed by atoms with Crippen molar-refractivity contribution in [3.8, 4) is 22.5 Å². The van der Waals surface area contributed by atoms with Crippen LogP contribution in [0.15, 0.2) is 170 Å². The second-order valence-corrected chi connectivity index (χ2v) is 12.2. The molecule has 46 heavy (non-hydrogen) atoms. The van der Waals surface area contributed by atoms with Crippen molar-refractivity contribution in [2.24, 2.45) is 0 Å². The fourth-order valence-electron chi connectivity index (χ4n) is 7.63. The summed E-state index contributed by atoms with van der Waals surface area (Å²) in [6, 6.07) is 62.1. The van der Waals surface area contributed by atoms with E-state index in [9.17, 15) is 0 Å². The minimum absolute atomic E-state index is 1.20. The Balaban J connectivity index is 1.21. The Hall–Kier alpha value is -6.12. The van der Waals surface area contributed by atoms with Crippen LogP contribution in [0.3, 0.4) is 0 Å². The van der Waals surface area contributed by atoms with Crippen LogP contribution in [-0.4, -0.2) is 9.13 Å². The lowest BCUT2D eigenvalue weighted by molar-refractivity contribution is 1.20. The van der Waals surface area contributed by atoms with Crippen LogP contribution in [-0.2, 0) is 0 Å². The van der Waals surface area contributed by atoms with Gasteiger partial charge in [0.15, 0.2) is 0 Å². The van der Waals surface area contributed by atoms with Gasteiger partial charge in [0.1, 0.15) is 0 Å². The third-order valence-corrected chi connectivity index (χ3v) is 9.69. The van der Waals surface area contributed by atoms with E-state index in [2.05, 4.69) is 179 Å². The largest absolute Gasteiger partial charge is 0.309 e. The van der Waals surface area contributed by atoms with Crippen LogP contribution in [0.5, 0.6) is 0 Å². The zero-order valence-corrected chi connectivity index (χ0v) is 25.1. The first-order valence-electron chi connectivity index (χ1n) is 15.9. The molecule has 0 bridgehead atoms. The van der Waals surface area contributed by atoms with Gasteiger partial charge in [0.05, 0.1) is 33.4 Å². The molecule has 0 unspecified atom stereocenters. The highest BCUT2D eigenvalue weighted by molar-refractivity contribution is 6.12. The molecule has 0 aliphatic heterocycles. The summed E-state index contributed by atoms with van der Waals surface area (Å²) in [4.78, 5) is 0. The third kappa shape index (κ3) is 3.59.